The molecule has 5 heteroatoms. The van der Waals surface area contributed by atoms with E-state index < -0.39 is 0 Å². The van der Waals surface area contributed by atoms with Gasteiger partial charge in [0, 0.05) is 32.7 Å². The first kappa shape index (κ1) is 11.7. The zero-order valence-corrected chi connectivity index (χ0v) is 9.78. The van der Waals surface area contributed by atoms with Crippen LogP contribution >= 0.6 is 0 Å². The molecule has 0 amide bonds. The van der Waals surface area contributed by atoms with E-state index in [1.807, 2.05) is 13.8 Å². The summed E-state index contributed by atoms with van der Waals surface area (Å²) >= 11 is 0. The van der Waals surface area contributed by atoms with Gasteiger partial charge in [-0.15, -0.1) is 11.4 Å². The van der Waals surface area contributed by atoms with Crippen molar-refractivity contribution in [1.29, 1.82) is 0 Å². The molecule has 0 unspecified atom stereocenters. The first-order chi connectivity index (χ1) is 5.22. The summed E-state index contributed by atoms with van der Waals surface area (Å²) in [4.78, 5) is 7.90. The summed E-state index contributed by atoms with van der Waals surface area (Å²) in [6, 6.07) is 2.90. The topological polar surface area (TPSA) is 58.4 Å². The normalized spacial score (nSPS) is 9.83. The van der Waals surface area contributed by atoms with Crippen LogP contribution in [0.1, 0.15) is 17.2 Å². The predicted molar refractivity (Wildman–Crippen MR) is 39.7 cm³/mol. The number of oxime groups is 1. The molecule has 0 atom stereocenters. The quantitative estimate of drug-likeness (QED) is 0.339. The summed E-state index contributed by atoms with van der Waals surface area (Å²) in [7, 11) is 0. The van der Waals surface area contributed by atoms with E-state index in [4.69, 9.17) is 5.21 Å². The Hall–Kier alpha value is -0.346. The largest absolute Gasteiger partial charge is 0.427 e. The van der Waals surface area contributed by atoms with Crippen LogP contribution in [0.15, 0.2) is 5.16 Å². The van der Waals surface area contributed by atoms with Crippen molar-refractivity contribution >= 4 is 6.21 Å². The molecular formula is C7H8N3OY-. The molecule has 0 aliphatic carbocycles. The van der Waals surface area contributed by atoms with Crippen molar-refractivity contribution in [3.05, 3.63) is 23.3 Å². The third-order valence-corrected chi connectivity index (χ3v) is 1.10. The molecule has 1 N–H and O–H groups in total. The third kappa shape index (κ3) is 3.37. The number of rotatable bonds is 1. The maximum atomic E-state index is 8.18. The molecule has 0 aliphatic rings. The van der Waals surface area contributed by atoms with Crippen LogP contribution in [0.4, 0.5) is 0 Å². The Morgan fingerprint density at radius 2 is 1.83 bits per heavy atom. The van der Waals surface area contributed by atoms with E-state index in [0.717, 1.165) is 11.4 Å². The first-order valence-corrected chi connectivity index (χ1v) is 3.14. The Morgan fingerprint density at radius 1 is 1.33 bits per heavy atom. The predicted octanol–water partition coefficient (Wildman–Crippen LogP) is 0.699. The van der Waals surface area contributed by atoms with Crippen LogP contribution < -0.4 is 0 Å². The van der Waals surface area contributed by atoms with Crippen molar-refractivity contribution in [2.24, 2.45) is 5.16 Å². The number of aromatic nitrogens is 2. The molecule has 1 radical (unpaired) electrons. The van der Waals surface area contributed by atoms with E-state index in [9.17, 15) is 0 Å². The summed E-state index contributed by atoms with van der Waals surface area (Å²) in [5.41, 5.74) is 1.49. The van der Waals surface area contributed by atoms with E-state index in [1.54, 1.807) is 0 Å². The van der Waals surface area contributed by atoms with Crippen LogP contribution in [0.25, 0.3) is 0 Å². The molecule has 1 rings (SSSR count). The molecule has 0 fully saturated rings. The molecule has 0 saturated carbocycles. The third-order valence-electron chi connectivity index (χ3n) is 1.10. The van der Waals surface area contributed by atoms with Gasteiger partial charge >= 0.3 is 0 Å². The SMILES string of the molecule is Cc1[c-]c(C)nc(/C=N/O)n1.[Y]. The van der Waals surface area contributed by atoms with Crippen LogP contribution in [-0.2, 0) is 32.7 Å². The maximum absolute atomic E-state index is 8.18. The van der Waals surface area contributed by atoms with E-state index in [-0.39, 0.29) is 32.7 Å². The van der Waals surface area contributed by atoms with Gasteiger partial charge < -0.3 is 11.3 Å². The fourth-order valence-electron chi connectivity index (χ4n) is 0.796. The second-order valence-electron chi connectivity index (χ2n) is 2.12. The zero-order chi connectivity index (χ0) is 8.27. The number of hydrogen-bond donors (Lipinski definition) is 1. The average molecular weight is 239 g/mol. The fourth-order valence-corrected chi connectivity index (χ4v) is 0.796. The van der Waals surface area contributed by atoms with Gasteiger partial charge in [-0.25, -0.2) is 0 Å². The second kappa shape index (κ2) is 5.33. The van der Waals surface area contributed by atoms with E-state index in [2.05, 4.69) is 21.2 Å². The van der Waals surface area contributed by atoms with Gasteiger partial charge in [-0.05, 0) is 0 Å². The molecular weight excluding hydrogens is 231 g/mol. The van der Waals surface area contributed by atoms with Crippen LogP contribution in [-0.4, -0.2) is 21.4 Å². The van der Waals surface area contributed by atoms with Gasteiger partial charge in [0.25, 0.3) is 0 Å². The van der Waals surface area contributed by atoms with Gasteiger partial charge in [0.15, 0.2) is 5.82 Å². The molecule has 12 heavy (non-hydrogen) atoms. The summed E-state index contributed by atoms with van der Waals surface area (Å²) in [6.45, 7) is 3.62. The van der Waals surface area contributed by atoms with Crippen LogP contribution in [0.2, 0.25) is 0 Å². The van der Waals surface area contributed by atoms with Gasteiger partial charge in [0.2, 0.25) is 0 Å². The maximum Gasteiger partial charge on any atom is 0.168 e. The Morgan fingerprint density at radius 3 is 2.25 bits per heavy atom. The minimum Gasteiger partial charge on any atom is -0.427 e. The van der Waals surface area contributed by atoms with Gasteiger partial charge in [-0.1, -0.05) is 19.0 Å². The van der Waals surface area contributed by atoms with E-state index >= 15 is 0 Å². The van der Waals surface area contributed by atoms with Crippen LogP contribution in [0, 0.1) is 19.9 Å². The van der Waals surface area contributed by atoms with Crippen molar-refractivity contribution in [2.75, 3.05) is 0 Å². The molecule has 4 nitrogen and oxygen atoms in total. The number of hydrogen-bond acceptors (Lipinski definition) is 4. The molecule has 0 aliphatic heterocycles. The average Bonchev–Trinajstić information content (AvgIpc) is 1.85. The minimum atomic E-state index is 0. The number of nitrogens with zero attached hydrogens (tertiary/aromatic N) is 3. The van der Waals surface area contributed by atoms with Crippen LogP contribution in [0.5, 0.6) is 0 Å². The summed E-state index contributed by atoms with van der Waals surface area (Å²) in [6.07, 6.45) is 1.19. The standard InChI is InChI=1S/C7H8N3O.Y/c1-5-3-6(2)10-7(9-5)4-8-11;/h4,11H,1-2H3;/q-1;/b8-4+;. The molecule has 0 aromatic carbocycles. The van der Waals surface area contributed by atoms with Gasteiger partial charge in [0.05, 0.1) is 0 Å². The van der Waals surface area contributed by atoms with Crippen molar-refractivity contribution < 1.29 is 37.9 Å². The van der Waals surface area contributed by atoms with E-state index in [0.29, 0.717) is 5.82 Å². The van der Waals surface area contributed by atoms with Crippen molar-refractivity contribution in [2.45, 2.75) is 13.8 Å². The molecule has 61 valence electrons. The van der Waals surface area contributed by atoms with Crippen molar-refractivity contribution in [3.63, 3.8) is 0 Å². The van der Waals surface area contributed by atoms with Crippen molar-refractivity contribution in [3.8, 4) is 0 Å². The summed E-state index contributed by atoms with van der Waals surface area (Å²) < 4.78 is 0. The summed E-state index contributed by atoms with van der Waals surface area (Å²) in [5.74, 6) is 0.404. The van der Waals surface area contributed by atoms with Gasteiger partial charge in [-0.3, -0.25) is 9.97 Å². The zero-order valence-electron chi connectivity index (χ0n) is 6.94. The Balaban J connectivity index is 0.00000121. The monoisotopic (exact) mass is 239 g/mol. The summed E-state index contributed by atoms with van der Waals surface area (Å²) in [5, 5.41) is 11.0. The molecule has 0 spiro atoms. The molecule has 1 aromatic rings. The molecule has 1 aromatic heterocycles. The van der Waals surface area contributed by atoms with Crippen molar-refractivity contribution in [1.82, 2.24) is 9.97 Å². The van der Waals surface area contributed by atoms with Gasteiger partial charge in [0.1, 0.15) is 6.21 Å². The molecule has 1 heterocycles. The Kier molecular flexibility index (Phi) is 5.17. The molecule has 0 saturated heterocycles. The number of aryl methyl sites for hydroxylation is 2. The van der Waals surface area contributed by atoms with E-state index in [1.165, 1.54) is 6.21 Å². The molecule has 0 bridgehead atoms. The first-order valence-electron chi connectivity index (χ1n) is 3.14. The second-order valence-corrected chi connectivity index (χ2v) is 2.12. The van der Waals surface area contributed by atoms with Gasteiger partial charge in [-0.2, -0.15) is 0 Å². The fraction of sp³-hybridized carbons (Fsp3) is 0.286. The smallest absolute Gasteiger partial charge is 0.168 e. The Labute approximate surface area is 96.0 Å². The minimum absolute atomic E-state index is 0. The van der Waals surface area contributed by atoms with Crippen LogP contribution in [0.3, 0.4) is 0 Å². The Bertz CT molecular complexity index is 268.